The molecule has 0 saturated heterocycles. The van der Waals surface area contributed by atoms with Crippen molar-refractivity contribution in [2.45, 2.75) is 18.8 Å². The standard InChI is InChI=1S/C21H19F2N5O4/c1-28-10-24-18(27-28)12-4-3-5-13(17(12)30-2)25-14-8-15(32-20(29)11-6-7-11)26-19-16(14)21(22,23)9-31-19/h3-5,8,10-11H,6-7,9H2,1-2H3,(H,25,26). The smallest absolute Gasteiger partial charge is 0.315 e. The maximum atomic E-state index is 14.6. The average molecular weight is 443 g/mol. The van der Waals surface area contributed by atoms with Crippen LogP contribution in [-0.2, 0) is 17.8 Å². The number of carbonyl (C=O) groups excluding carboxylic acids is 1. The van der Waals surface area contributed by atoms with Crippen molar-refractivity contribution >= 4 is 17.3 Å². The zero-order valence-corrected chi connectivity index (χ0v) is 17.3. The van der Waals surface area contributed by atoms with Crippen molar-refractivity contribution in [2.75, 3.05) is 19.0 Å². The first kappa shape index (κ1) is 20.2. The number of aromatic nitrogens is 4. The summed E-state index contributed by atoms with van der Waals surface area (Å²) in [6.45, 7) is -0.848. The van der Waals surface area contributed by atoms with Crippen molar-refractivity contribution in [3.05, 3.63) is 36.2 Å². The van der Waals surface area contributed by atoms with E-state index in [1.54, 1.807) is 36.3 Å². The molecule has 1 aliphatic carbocycles. The first-order valence-electron chi connectivity index (χ1n) is 9.93. The Morgan fingerprint density at radius 1 is 1.31 bits per heavy atom. The van der Waals surface area contributed by atoms with E-state index in [9.17, 15) is 13.6 Å². The summed E-state index contributed by atoms with van der Waals surface area (Å²) in [7, 11) is 3.20. The molecule has 32 heavy (non-hydrogen) atoms. The Kier molecular flexibility index (Phi) is 4.68. The lowest BCUT2D eigenvalue weighted by molar-refractivity contribution is -0.136. The second kappa shape index (κ2) is 7.43. The van der Waals surface area contributed by atoms with Gasteiger partial charge in [-0.05, 0) is 25.0 Å². The van der Waals surface area contributed by atoms with E-state index in [1.165, 1.54) is 13.2 Å². The van der Waals surface area contributed by atoms with Gasteiger partial charge in [0.25, 0.3) is 0 Å². The van der Waals surface area contributed by atoms with Gasteiger partial charge in [0, 0.05) is 13.1 Å². The molecule has 0 bridgehead atoms. The predicted molar refractivity (Wildman–Crippen MR) is 108 cm³/mol. The fourth-order valence-corrected chi connectivity index (χ4v) is 3.48. The summed E-state index contributed by atoms with van der Waals surface area (Å²) in [6, 6.07) is 6.42. The zero-order chi connectivity index (χ0) is 22.5. The summed E-state index contributed by atoms with van der Waals surface area (Å²) < 4.78 is 46.7. The van der Waals surface area contributed by atoms with Gasteiger partial charge in [0.2, 0.25) is 11.8 Å². The number of fused-ring (bicyclic) bond motifs is 1. The number of ether oxygens (including phenoxy) is 3. The van der Waals surface area contributed by atoms with Gasteiger partial charge in [0.15, 0.2) is 18.2 Å². The lowest BCUT2D eigenvalue weighted by Crippen LogP contribution is -2.16. The molecule has 2 aromatic heterocycles. The highest BCUT2D eigenvalue weighted by Gasteiger charge is 2.46. The van der Waals surface area contributed by atoms with Gasteiger partial charge >= 0.3 is 11.9 Å². The molecule has 166 valence electrons. The van der Waals surface area contributed by atoms with Crippen molar-refractivity contribution in [1.82, 2.24) is 19.7 Å². The molecule has 3 aromatic rings. The predicted octanol–water partition coefficient (Wildman–Crippen LogP) is 3.43. The number of methoxy groups -OCH3 is 1. The van der Waals surface area contributed by atoms with Gasteiger partial charge < -0.3 is 19.5 Å². The van der Waals surface area contributed by atoms with E-state index in [1.807, 2.05) is 0 Å². The summed E-state index contributed by atoms with van der Waals surface area (Å²) in [5.41, 5.74) is 0.563. The molecule has 1 aromatic carbocycles. The van der Waals surface area contributed by atoms with E-state index in [4.69, 9.17) is 14.2 Å². The van der Waals surface area contributed by atoms with E-state index in [-0.39, 0.29) is 23.4 Å². The first-order valence-corrected chi connectivity index (χ1v) is 9.93. The third kappa shape index (κ3) is 3.59. The summed E-state index contributed by atoms with van der Waals surface area (Å²) in [4.78, 5) is 20.3. The van der Waals surface area contributed by atoms with Crippen molar-refractivity contribution in [3.63, 3.8) is 0 Å². The topological polar surface area (TPSA) is 100 Å². The number of hydrogen-bond acceptors (Lipinski definition) is 8. The van der Waals surface area contributed by atoms with E-state index in [2.05, 4.69) is 20.4 Å². The lowest BCUT2D eigenvalue weighted by atomic mass is 10.1. The Morgan fingerprint density at radius 3 is 2.81 bits per heavy atom. The second-order valence-corrected chi connectivity index (χ2v) is 7.63. The third-order valence-electron chi connectivity index (χ3n) is 5.16. The number of rotatable bonds is 6. The molecule has 9 nitrogen and oxygen atoms in total. The van der Waals surface area contributed by atoms with Gasteiger partial charge in [0.1, 0.15) is 11.9 Å². The molecular formula is C21H19F2N5O4. The van der Waals surface area contributed by atoms with Crippen LogP contribution in [0, 0.1) is 5.92 Å². The van der Waals surface area contributed by atoms with Gasteiger partial charge in [-0.3, -0.25) is 9.48 Å². The highest BCUT2D eigenvalue weighted by Crippen LogP contribution is 2.48. The number of para-hydroxylation sites is 1. The number of nitrogens with one attached hydrogen (secondary N) is 1. The van der Waals surface area contributed by atoms with Crippen LogP contribution < -0.4 is 19.5 Å². The summed E-state index contributed by atoms with van der Waals surface area (Å²) in [5.74, 6) is -3.48. The molecule has 1 N–H and O–H groups in total. The second-order valence-electron chi connectivity index (χ2n) is 7.63. The van der Waals surface area contributed by atoms with Crippen molar-refractivity contribution in [3.8, 4) is 28.9 Å². The average Bonchev–Trinajstić information content (AvgIpc) is 3.45. The number of alkyl halides is 2. The molecule has 5 rings (SSSR count). The quantitative estimate of drug-likeness (QED) is 0.579. The minimum Gasteiger partial charge on any atom is -0.494 e. The number of benzene rings is 1. The van der Waals surface area contributed by atoms with E-state index in [0.717, 1.165) is 12.8 Å². The van der Waals surface area contributed by atoms with Gasteiger partial charge in [-0.15, -0.1) is 0 Å². The van der Waals surface area contributed by atoms with Gasteiger partial charge in [-0.25, -0.2) is 4.98 Å². The highest BCUT2D eigenvalue weighted by atomic mass is 19.3. The maximum absolute atomic E-state index is 14.6. The van der Waals surface area contributed by atoms with Crippen LogP contribution in [0.15, 0.2) is 30.6 Å². The monoisotopic (exact) mass is 443 g/mol. The van der Waals surface area contributed by atoms with Crippen LogP contribution in [-0.4, -0.2) is 39.4 Å². The first-order chi connectivity index (χ1) is 15.4. The number of carbonyl (C=O) groups is 1. The number of pyridine rings is 1. The van der Waals surface area contributed by atoms with Crippen LogP contribution in [0.3, 0.4) is 0 Å². The Hall–Kier alpha value is -3.76. The highest BCUT2D eigenvalue weighted by molar-refractivity contribution is 5.81. The SMILES string of the molecule is COc1c(Nc2cc(OC(=O)C3CC3)nc3c2C(F)(F)CO3)cccc1-c1ncn(C)n1. The molecule has 3 heterocycles. The molecule has 0 radical (unpaired) electrons. The van der Waals surface area contributed by atoms with Crippen LogP contribution in [0.25, 0.3) is 11.4 Å². The van der Waals surface area contributed by atoms with E-state index < -0.39 is 24.1 Å². The zero-order valence-electron chi connectivity index (χ0n) is 17.3. The lowest BCUT2D eigenvalue weighted by Gasteiger charge is -2.18. The summed E-state index contributed by atoms with van der Waals surface area (Å²) in [5, 5.41) is 7.25. The Balaban J connectivity index is 1.56. The largest absolute Gasteiger partial charge is 0.494 e. The fraction of sp³-hybridized carbons (Fsp3) is 0.333. The molecule has 1 aliphatic heterocycles. The number of nitrogens with zero attached hydrogens (tertiary/aromatic N) is 4. The third-order valence-corrected chi connectivity index (χ3v) is 5.16. The minimum absolute atomic E-state index is 0.000488. The molecule has 2 aliphatic rings. The van der Waals surface area contributed by atoms with E-state index >= 15 is 0 Å². The van der Waals surface area contributed by atoms with Crippen LogP contribution in [0.4, 0.5) is 20.2 Å². The molecule has 1 fully saturated rings. The van der Waals surface area contributed by atoms with Gasteiger partial charge in [-0.1, -0.05) is 6.07 Å². The molecule has 0 amide bonds. The Labute approximate surface area is 181 Å². The van der Waals surface area contributed by atoms with Crippen molar-refractivity contribution in [1.29, 1.82) is 0 Å². The van der Waals surface area contributed by atoms with Crippen LogP contribution in [0.5, 0.6) is 17.5 Å². The van der Waals surface area contributed by atoms with Gasteiger partial charge in [0.05, 0.1) is 30.0 Å². The Bertz CT molecular complexity index is 1210. The molecule has 0 unspecified atom stereocenters. The van der Waals surface area contributed by atoms with Crippen LogP contribution >= 0.6 is 0 Å². The minimum atomic E-state index is -3.27. The van der Waals surface area contributed by atoms with Crippen molar-refractivity contribution in [2.24, 2.45) is 13.0 Å². The molecule has 11 heteroatoms. The number of esters is 1. The van der Waals surface area contributed by atoms with Gasteiger partial charge in [-0.2, -0.15) is 18.9 Å². The molecule has 0 spiro atoms. The number of aryl methyl sites for hydroxylation is 1. The summed E-state index contributed by atoms with van der Waals surface area (Å²) >= 11 is 0. The fourth-order valence-electron chi connectivity index (χ4n) is 3.48. The molecule has 1 saturated carbocycles. The molecular weight excluding hydrogens is 424 g/mol. The number of anilines is 2. The molecule has 0 atom stereocenters. The van der Waals surface area contributed by atoms with Crippen LogP contribution in [0.1, 0.15) is 18.4 Å². The maximum Gasteiger partial charge on any atom is 0.315 e. The van der Waals surface area contributed by atoms with Crippen LogP contribution in [0.2, 0.25) is 0 Å². The number of halogens is 2. The number of hydrogen-bond donors (Lipinski definition) is 1. The summed E-state index contributed by atoms with van der Waals surface area (Å²) in [6.07, 6.45) is 3.03. The van der Waals surface area contributed by atoms with E-state index in [0.29, 0.717) is 22.8 Å². The van der Waals surface area contributed by atoms with Crippen molar-refractivity contribution < 1.29 is 27.8 Å². The Morgan fingerprint density at radius 2 is 2.12 bits per heavy atom. The normalized spacial score (nSPS) is 16.2.